The third kappa shape index (κ3) is 3.28. The quantitative estimate of drug-likeness (QED) is 0.523. The van der Waals surface area contributed by atoms with E-state index in [2.05, 4.69) is 0 Å². The zero-order valence-corrected chi connectivity index (χ0v) is 12.0. The van der Waals surface area contributed by atoms with Crippen molar-refractivity contribution in [2.24, 2.45) is 0 Å². The van der Waals surface area contributed by atoms with Gasteiger partial charge in [-0.15, -0.1) is 0 Å². The van der Waals surface area contributed by atoms with E-state index in [0.717, 1.165) is 37.7 Å². The first-order valence-electron chi connectivity index (χ1n) is 7.09. The van der Waals surface area contributed by atoms with E-state index in [0.29, 0.717) is 11.3 Å². The van der Waals surface area contributed by atoms with Crippen LogP contribution < -0.4 is 4.74 Å². The molecule has 0 saturated heterocycles. The molecule has 110 valence electrons. The number of aryl methyl sites for hydroxylation is 2. The lowest BCUT2D eigenvalue weighted by atomic mass is 10.1. The number of hydrogen-bond donors (Lipinski definition) is 1. The Kier molecular flexibility index (Phi) is 4.60. The molecule has 5 heteroatoms. The Balaban J connectivity index is 2.20. The van der Waals surface area contributed by atoms with Crippen LogP contribution in [0.25, 0.3) is 0 Å². The van der Waals surface area contributed by atoms with Crippen molar-refractivity contribution >= 4 is 5.69 Å². The molecule has 1 aromatic rings. The minimum atomic E-state index is -0.451. The Morgan fingerprint density at radius 3 is 2.60 bits per heavy atom. The molecule has 0 radical (unpaired) electrons. The molecule has 2 atom stereocenters. The molecule has 1 N–H and O–H groups in total. The van der Waals surface area contributed by atoms with Gasteiger partial charge in [-0.1, -0.05) is 12.8 Å². The van der Waals surface area contributed by atoms with Crippen LogP contribution >= 0.6 is 0 Å². The van der Waals surface area contributed by atoms with Gasteiger partial charge in [0.15, 0.2) is 0 Å². The first-order valence-corrected chi connectivity index (χ1v) is 7.09. The van der Waals surface area contributed by atoms with Gasteiger partial charge in [-0.2, -0.15) is 0 Å². The van der Waals surface area contributed by atoms with Gasteiger partial charge >= 0.3 is 0 Å². The molecular weight excluding hydrogens is 258 g/mol. The van der Waals surface area contributed by atoms with E-state index in [4.69, 9.17) is 4.74 Å². The summed E-state index contributed by atoms with van der Waals surface area (Å²) < 4.78 is 5.92. The largest absolute Gasteiger partial charge is 0.487 e. The second-order valence-corrected chi connectivity index (χ2v) is 5.52. The third-order valence-corrected chi connectivity index (χ3v) is 3.89. The maximum Gasteiger partial charge on any atom is 0.272 e. The van der Waals surface area contributed by atoms with Gasteiger partial charge in [0.1, 0.15) is 11.9 Å². The SMILES string of the molecule is Cc1cc([N+](=O)[O-])c(C)cc1OC1CCCCCC1O. The van der Waals surface area contributed by atoms with Gasteiger partial charge in [-0.3, -0.25) is 10.1 Å². The average Bonchev–Trinajstić information content (AvgIpc) is 2.58. The number of nitrogens with zero attached hydrogens (tertiary/aromatic N) is 1. The van der Waals surface area contributed by atoms with Crippen LogP contribution in [-0.4, -0.2) is 22.2 Å². The molecule has 1 fully saturated rings. The molecule has 0 aromatic heterocycles. The monoisotopic (exact) mass is 279 g/mol. The van der Waals surface area contributed by atoms with E-state index in [-0.39, 0.29) is 16.7 Å². The van der Waals surface area contributed by atoms with Gasteiger partial charge in [0.25, 0.3) is 5.69 Å². The van der Waals surface area contributed by atoms with Crippen molar-refractivity contribution in [2.75, 3.05) is 0 Å². The fourth-order valence-corrected chi connectivity index (χ4v) is 2.65. The number of hydrogen-bond acceptors (Lipinski definition) is 4. The van der Waals surface area contributed by atoms with Crippen LogP contribution in [0.5, 0.6) is 5.75 Å². The third-order valence-electron chi connectivity index (χ3n) is 3.89. The lowest BCUT2D eigenvalue weighted by molar-refractivity contribution is -0.385. The molecule has 0 amide bonds. The van der Waals surface area contributed by atoms with E-state index in [1.165, 1.54) is 6.07 Å². The van der Waals surface area contributed by atoms with Crippen LogP contribution in [0.1, 0.15) is 43.2 Å². The topological polar surface area (TPSA) is 72.6 Å². The van der Waals surface area contributed by atoms with Gasteiger partial charge in [0, 0.05) is 11.6 Å². The molecule has 1 aromatic carbocycles. The number of benzene rings is 1. The summed E-state index contributed by atoms with van der Waals surface area (Å²) in [6, 6.07) is 3.23. The Morgan fingerprint density at radius 2 is 1.90 bits per heavy atom. The van der Waals surface area contributed by atoms with Gasteiger partial charge in [-0.05, 0) is 44.7 Å². The van der Waals surface area contributed by atoms with Crippen molar-refractivity contribution in [3.8, 4) is 5.75 Å². The van der Waals surface area contributed by atoms with Crippen molar-refractivity contribution in [1.82, 2.24) is 0 Å². The standard InChI is InChI=1S/C15H21NO4/c1-10-9-15(11(2)8-12(10)16(18)19)20-14-7-5-3-4-6-13(14)17/h8-9,13-14,17H,3-7H2,1-2H3. The zero-order chi connectivity index (χ0) is 14.7. The molecule has 0 bridgehead atoms. The van der Waals surface area contributed by atoms with Crippen molar-refractivity contribution in [1.29, 1.82) is 0 Å². The van der Waals surface area contributed by atoms with Crippen LogP contribution in [0.3, 0.4) is 0 Å². The predicted molar refractivity (Wildman–Crippen MR) is 76.1 cm³/mol. The number of ether oxygens (including phenoxy) is 1. The van der Waals surface area contributed by atoms with Crippen LogP contribution in [0.4, 0.5) is 5.69 Å². The highest BCUT2D eigenvalue weighted by molar-refractivity contribution is 5.49. The predicted octanol–water partition coefficient (Wildman–Crippen LogP) is 3.28. The molecule has 0 aliphatic heterocycles. The summed E-state index contributed by atoms with van der Waals surface area (Å²) in [6.45, 7) is 3.50. The Bertz CT molecular complexity index is 501. The van der Waals surface area contributed by atoms with Gasteiger partial charge < -0.3 is 9.84 Å². The minimum absolute atomic E-state index is 0.108. The Labute approximate surface area is 118 Å². The lowest BCUT2D eigenvalue weighted by Gasteiger charge is -2.23. The highest BCUT2D eigenvalue weighted by Gasteiger charge is 2.24. The lowest BCUT2D eigenvalue weighted by Crippen LogP contribution is -2.30. The highest BCUT2D eigenvalue weighted by atomic mass is 16.6. The summed E-state index contributed by atoms with van der Waals surface area (Å²) in [7, 11) is 0. The Morgan fingerprint density at radius 1 is 1.20 bits per heavy atom. The van der Waals surface area contributed by atoms with Crippen LogP contribution in [-0.2, 0) is 0 Å². The molecule has 5 nitrogen and oxygen atoms in total. The average molecular weight is 279 g/mol. The Hall–Kier alpha value is -1.62. The first kappa shape index (κ1) is 14.8. The minimum Gasteiger partial charge on any atom is -0.487 e. The summed E-state index contributed by atoms with van der Waals surface area (Å²) in [5, 5.41) is 21.0. The summed E-state index contributed by atoms with van der Waals surface area (Å²) in [5.41, 5.74) is 1.42. The molecule has 2 rings (SSSR count). The van der Waals surface area contributed by atoms with Crippen LogP contribution in [0.15, 0.2) is 12.1 Å². The second-order valence-electron chi connectivity index (χ2n) is 5.52. The van der Waals surface area contributed by atoms with E-state index in [9.17, 15) is 15.2 Å². The summed E-state index contributed by atoms with van der Waals surface area (Å²) >= 11 is 0. The first-order chi connectivity index (χ1) is 9.49. The van der Waals surface area contributed by atoms with E-state index >= 15 is 0 Å². The van der Waals surface area contributed by atoms with Crippen molar-refractivity contribution in [3.63, 3.8) is 0 Å². The van der Waals surface area contributed by atoms with E-state index in [1.807, 2.05) is 0 Å². The molecule has 1 saturated carbocycles. The van der Waals surface area contributed by atoms with Gasteiger partial charge in [0.2, 0.25) is 0 Å². The number of aliphatic hydroxyl groups is 1. The fourth-order valence-electron chi connectivity index (χ4n) is 2.65. The number of nitro groups is 1. The van der Waals surface area contributed by atoms with Crippen molar-refractivity contribution < 1.29 is 14.8 Å². The molecule has 0 spiro atoms. The summed E-state index contributed by atoms with van der Waals surface area (Å²) in [5.74, 6) is 0.638. The maximum absolute atomic E-state index is 10.9. The molecule has 1 aliphatic carbocycles. The molecular formula is C15H21NO4. The number of nitro benzene ring substituents is 1. The fraction of sp³-hybridized carbons (Fsp3) is 0.600. The van der Waals surface area contributed by atoms with Crippen LogP contribution in [0, 0.1) is 24.0 Å². The van der Waals surface area contributed by atoms with Crippen molar-refractivity contribution in [3.05, 3.63) is 33.4 Å². The normalized spacial score (nSPS) is 23.1. The van der Waals surface area contributed by atoms with E-state index in [1.54, 1.807) is 19.9 Å². The molecule has 20 heavy (non-hydrogen) atoms. The zero-order valence-electron chi connectivity index (χ0n) is 12.0. The van der Waals surface area contributed by atoms with Crippen molar-refractivity contribution in [2.45, 2.75) is 58.2 Å². The van der Waals surface area contributed by atoms with Crippen LogP contribution in [0.2, 0.25) is 0 Å². The van der Waals surface area contributed by atoms with Gasteiger partial charge in [0.05, 0.1) is 11.0 Å². The highest BCUT2D eigenvalue weighted by Crippen LogP contribution is 2.30. The molecule has 2 unspecified atom stereocenters. The summed E-state index contributed by atoms with van der Waals surface area (Å²) in [4.78, 5) is 10.5. The number of rotatable bonds is 3. The summed E-state index contributed by atoms with van der Waals surface area (Å²) in [6.07, 6.45) is 4.12. The van der Waals surface area contributed by atoms with Gasteiger partial charge in [-0.25, -0.2) is 0 Å². The molecule has 1 aliphatic rings. The molecule has 0 heterocycles. The second kappa shape index (κ2) is 6.22. The van der Waals surface area contributed by atoms with E-state index < -0.39 is 6.10 Å². The maximum atomic E-state index is 10.9. The number of aliphatic hydroxyl groups excluding tert-OH is 1. The smallest absolute Gasteiger partial charge is 0.272 e.